The number of hydrogen-bond acceptors (Lipinski definition) is 5. The van der Waals surface area contributed by atoms with Crippen LogP contribution in [0.25, 0.3) is 10.9 Å². The first-order chi connectivity index (χ1) is 11.7. The Morgan fingerprint density at radius 1 is 1.29 bits per heavy atom. The molecule has 0 aliphatic heterocycles. The Balaban J connectivity index is 1.86. The molecule has 0 atom stereocenters. The highest BCUT2D eigenvalue weighted by atomic mass is 16.5. The Bertz CT molecular complexity index is 745. The first-order valence-electron chi connectivity index (χ1n) is 8.25. The molecule has 1 aliphatic rings. The molecular weight excluding hydrogens is 308 g/mol. The number of benzene rings is 1. The maximum absolute atomic E-state index is 11.9. The van der Waals surface area contributed by atoms with Crippen molar-refractivity contribution in [2.75, 3.05) is 14.2 Å². The fraction of sp³-hybridized carbons (Fsp3) is 0.500. The van der Waals surface area contributed by atoms with Crippen LogP contribution >= 0.6 is 0 Å². The summed E-state index contributed by atoms with van der Waals surface area (Å²) in [5.74, 6) is 0.555. The molecule has 128 valence electrons. The SMILES string of the molecule is COC(=O)c1cc2cn(C3CCC(CC=O)CC3)nc2cc1OC. The Morgan fingerprint density at radius 3 is 2.67 bits per heavy atom. The van der Waals surface area contributed by atoms with Crippen LogP contribution in [-0.4, -0.2) is 36.3 Å². The Hall–Kier alpha value is -2.37. The molecular formula is C18H22N2O4. The molecule has 0 saturated heterocycles. The third kappa shape index (κ3) is 3.13. The first kappa shape index (κ1) is 16.5. The van der Waals surface area contributed by atoms with Gasteiger partial charge in [-0.2, -0.15) is 5.10 Å². The number of fused-ring (bicyclic) bond motifs is 1. The topological polar surface area (TPSA) is 70.4 Å². The predicted molar refractivity (Wildman–Crippen MR) is 89.3 cm³/mol. The Labute approximate surface area is 140 Å². The van der Waals surface area contributed by atoms with Gasteiger partial charge in [0, 0.05) is 24.1 Å². The number of rotatable bonds is 5. The molecule has 0 bridgehead atoms. The molecule has 1 aliphatic carbocycles. The smallest absolute Gasteiger partial charge is 0.341 e. The van der Waals surface area contributed by atoms with Crippen LogP contribution in [0.1, 0.15) is 48.5 Å². The van der Waals surface area contributed by atoms with E-state index >= 15 is 0 Å². The average Bonchev–Trinajstić information content (AvgIpc) is 3.03. The van der Waals surface area contributed by atoms with Gasteiger partial charge in [0.25, 0.3) is 0 Å². The van der Waals surface area contributed by atoms with E-state index in [0.717, 1.165) is 42.9 Å². The highest BCUT2D eigenvalue weighted by Gasteiger charge is 2.23. The van der Waals surface area contributed by atoms with Crippen molar-refractivity contribution in [3.63, 3.8) is 0 Å². The van der Waals surface area contributed by atoms with E-state index in [2.05, 4.69) is 5.10 Å². The van der Waals surface area contributed by atoms with Crippen LogP contribution in [0.15, 0.2) is 18.3 Å². The average molecular weight is 330 g/mol. The summed E-state index contributed by atoms with van der Waals surface area (Å²) >= 11 is 0. The fourth-order valence-corrected chi connectivity index (χ4v) is 3.48. The number of hydrogen-bond donors (Lipinski definition) is 0. The van der Waals surface area contributed by atoms with Gasteiger partial charge in [-0.05, 0) is 37.7 Å². The summed E-state index contributed by atoms with van der Waals surface area (Å²) in [5.41, 5.74) is 1.20. The van der Waals surface area contributed by atoms with E-state index < -0.39 is 5.97 Å². The number of aromatic nitrogens is 2. The van der Waals surface area contributed by atoms with Crippen molar-refractivity contribution >= 4 is 23.2 Å². The van der Waals surface area contributed by atoms with E-state index in [9.17, 15) is 9.59 Å². The lowest BCUT2D eigenvalue weighted by atomic mass is 9.84. The summed E-state index contributed by atoms with van der Waals surface area (Å²) in [6.45, 7) is 0. The molecule has 0 amide bonds. The van der Waals surface area contributed by atoms with E-state index in [0.29, 0.717) is 29.7 Å². The van der Waals surface area contributed by atoms with Crippen molar-refractivity contribution in [2.45, 2.75) is 38.1 Å². The van der Waals surface area contributed by atoms with Gasteiger partial charge in [0.05, 0.1) is 25.8 Å². The minimum absolute atomic E-state index is 0.341. The molecule has 0 unspecified atom stereocenters. The van der Waals surface area contributed by atoms with Gasteiger partial charge < -0.3 is 14.3 Å². The summed E-state index contributed by atoms with van der Waals surface area (Å²) in [7, 11) is 2.88. The third-order valence-corrected chi connectivity index (χ3v) is 4.87. The van der Waals surface area contributed by atoms with Gasteiger partial charge in [-0.1, -0.05) is 0 Å². The number of carbonyl (C=O) groups is 2. The molecule has 1 fully saturated rings. The van der Waals surface area contributed by atoms with Crippen LogP contribution in [0.3, 0.4) is 0 Å². The molecule has 2 aromatic rings. The van der Waals surface area contributed by atoms with Crippen LogP contribution in [0, 0.1) is 5.92 Å². The zero-order chi connectivity index (χ0) is 17.1. The van der Waals surface area contributed by atoms with Gasteiger partial charge in [-0.15, -0.1) is 0 Å². The van der Waals surface area contributed by atoms with Gasteiger partial charge in [0.1, 0.15) is 17.6 Å². The molecule has 0 N–H and O–H groups in total. The summed E-state index contributed by atoms with van der Waals surface area (Å²) in [5, 5.41) is 5.55. The number of carbonyl (C=O) groups excluding carboxylic acids is 2. The summed E-state index contributed by atoms with van der Waals surface area (Å²) in [6.07, 6.45) is 7.81. The summed E-state index contributed by atoms with van der Waals surface area (Å²) < 4.78 is 12.1. The highest BCUT2D eigenvalue weighted by molar-refractivity contribution is 5.97. The van der Waals surface area contributed by atoms with Gasteiger partial charge in [-0.25, -0.2) is 4.79 Å². The number of aldehydes is 1. The second kappa shape index (κ2) is 7.03. The van der Waals surface area contributed by atoms with Gasteiger partial charge >= 0.3 is 5.97 Å². The van der Waals surface area contributed by atoms with Crippen molar-refractivity contribution in [2.24, 2.45) is 5.92 Å². The lowest BCUT2D eigenvalue weighted by Crippen LogP contribution is -2.18. The second-order valence-corrected chi connectivity index (χ2v) is 6.29. The van der Waals surface area contributed by atoms with Crippen molar-refractivity contribution in [3.05, 3.63) is 23.9 Å². The molecule has 0 radical (unpaired) electrons. The molecule has 3 rings (SSSR count). The van der Waals surface area contributed by atoms with Crippen LogP contribution in [0.5, 0.6) is 5.75 Å². The molecule has 0 spiro atoms. The van der Waals surface area contributed by atoms with Gasteiger partial charge in [0.2, 0.25) is 0 Å². The molecule has 24 heavy (non-hydrogen) atoms. The Kier molecular flexibility index (Phi) is 4.83. The van der Waals surface area contributed by atoms with Gasteiger partial charge in [0.15, 0.2) is 0 Å². The summed E-state index contributed by atoms with van der Waals surface area (Å²) in [6, 6.07) is 3.88. The number of methoxy groups -OCH3 is 2. The molecule has 6 heteroatoms. The van der Waals surface area contributed by atoms with E-state index in [1.807, 2.05) is 10.9 Å². The highest BCUT2D eigenvalue weighted by Crippen LogP contribution is 2.34. The lowest BCUT2D eigenvalue weighted by molar-refractivity contribution is -0.108. The second-order valence-electron chi connectivity index (χ2n) is 6.29. The first-order valence-corrected chi connectivity index (χ1v) is 8.25. The standard InChI is InChI=1S/C18H22N2O4/c1-23-17-10-16-13(9-15(17)18(22)24-2)11-20(19-16)14-5-3-12(4-6-14)7-8-21/h8-12,14H,3-7H2,1-2H3. The molecule has 1 heterocycles. The van der Waals surface area contributed by atoms with Crippen LogP contribution in [0.4, 0.5) is 0 Å². The number of ether oxygens (including phenoxy) is 2. The zero-order valence-corrected chi connectivity index (χ0v) is 14.0. The minimum atomic E-state index is -0.420. The largest absolute Gasteiger partial charge is 0.496 e. The predicted octanol–water partition coefficient (Wildman–Crippen LogP) is 3.15. The van der Waals surface area contributed by atoms with Gasteiger partial charge in [-0.3, -0.25) is 4.68 Å². The fourth-order valence-electron chi connectivity index (χ4n) is 3.48. The normalized spacial score (nSPS) is 20.8. The van der Waals surface area contributed by atoms with Crippen LogP contribution in [-0.2, 0) is 9.53 Å². The van der Waals surface area contributed by atoms with Crippen LogP contribution in [0.2, 0.25) is 0 Å². The van der Waals surface area contributed by atoms with Crippen molar-refractivity contribution < 1.29 is 19.1 Å². The Morgan fingerprint density at radius 2 is 2.04 bits per heavy atom. The molecule has 1 aromatic heterocycles. The lowest BCUT2D eigenvalue weighted by Gasteiger charge is -2.27. The monoisotopic (exact) mass is 330 g/mol. The van der Waals surface area contributed by atoms with E-state index in [1.165, 1.54) is 14.2 Å². The molecule has 1 aromatic carbocycles. The van der Waals surface area contributed by atoms with Crippen molar-refractivity contribution in [1.29, 1.82) is 0 Å². The third-order valence-electron chi connectivity index (χ3n) is 4.87. The maximum Gasteiger partial charge on any atom is 0.341 e. The van der Waals surface area contributed by atoms with Crippen molar-refractivity contribution in [1.82, 2.24) is 9.78 Å². The number of nitrogens with zero attached hydrogens (tertiary/aromatic N) is 2. The maximum atomic E-state index is 11.9. The van der Waals surface area contributed by atoms with E-state index in [1.54, 1.807) is 12.1 Å². The molecule has 1 saturated carbocycles. The molecule has 6 nitrogen and oxygen atoms in total. The summed E-state index contributed by atoms with van der Waals surface area (Å²) in [4.78, 5) is 22.5. The number of esters is 1. The van der Waals surface area contributed by atoms with E-state index in [-0.39, 0.29) is 0 Å². The zero-order valence-electron chi connectivity index (χ0n) is 14.0. The minimum Gasteiger partial charge on any atom is -0.496 e. The van der Waals surface area contributed by atoms with Crippen LogP contribution < -0.4 is 4.74 Å². The van der Waals surface area contributed by atoms with Crippen molar-refractivity contribution in [3.8, 4) is 5.75 Å². The quantitative estimate of drug-likeness (QED) is 0.622. The van der Waals surface area contributed by atoms with E-state index in [4.69, 9.17) is 9.47 Å².